The molecule has 19 heavy (non-hydrogen) atoms. The minimum atomic E-state index is -0.951. The zero-order chi connectivity index (χ0) is 14.2. The molecule has 4 heteroatoms. The molecule has 1 atom stereocenters. The summed E-state index contributed by atoms with van der Waals surface area (Å²) in [5.74, 6) is -1.34. The molecule has 100 valence electrons. The van der Waals surface area contributed by atoms with Crippen LogP contribution in [0.15, 0.2) is 30.3 Å². The maximum absolute atomic E-state index is 13.7. The normalized spacial score (nSPS) is 12.5. The third-order valence-corrected chi connectivity index (χ3v) is 3.92. The van der Waals surface area contributed by atoms with Crippen LogP contribution in [0, 0.1) is 25.5 Å². The molecule has 0 saturated carbocycles. The number of aryl methyl sites for hydroxylation is 2. The molecule has 0 bridgehead atoms. The van der Waals surface area contributed by atoms with Crippen molar-refractivity contribution in [3.05, 3.63) is 69.2 Å². The number of rotatable bonds is 2. The molecule has 0 N–H and O–H groups in total. The summed E-state index contributed by atoms with van der Waals surface area (Å²) in [6, 6.07) is 7.19. The predicted octanol–water partition coefficient (Wildman–Crippen LogP) is 5.56. The first-order valence-corrected chi connectivity index (χ1v) is 6.58. The maximum atomic E-state index is 13.7. The van der Waals surface area contributed by atoms with E-state index in [1.165, 1.54) is 18.2 Å². The largest absolute Gasteiger partial charge is 0.207 e. The Balaban J connectivity index is 2.56. The molecule has 0 heterocycles. The van der Waals surface area contributed by atoms with E-state index in [0.717, 1.165) is 11.1 Å². The minimum absolute atomic E-state index is 0.172. The molecule has 0 amide bonds. The summed E-state index contributed by atoms with van der Waals surface area (Å²) < 4.78 is 27.5. The van der Waals surface area contributed by atoms with Crippen molar-refractivity contribution < 1.29 is 8.78 Å². The molecule has 0 aliphatic rings. The van der Waals surface area contributed by atoms with Gasteiger partial charge in [-0.3, -0.25) is 0 Å². The summed E-state index contributed by atoms with van der Waals surface area (Å²) in [6.07, 6.45) is 0. The van der Waals surface area contributed by atoms with E-state index in [0.29, 0.717) is 10.6 Å². The van der Waals surface area contributed by atoms with Crippen LogP contribution in [0.4, 0.5) is 8.78 Å². The number of hydrogen-bond acceptors (Lipinski definition) is 0. The number of benzene rings is 2. The third-order valence-electron chi connectivity index (χ3n) is 3.14. The van der Waals surface area contributed by atoms with Crippen LogP contribution in [0.1, 0.15) is 27.6 Å². The highest BCUT2D eigenvalue weighted by atomic mass is 35.5. The highest BCUT2D eigenvalue weighted by molar-refractivity contribution is 6.33. The Morgan fingerprint density at radius 3 is 2.11 bits per heavy atom. The van der Waals surface area contributed by atoms with E-state index in [1.54, 1.807) is 12.1 Å². The highest BCUT2D eigenvalue weighted by Crippen LogP contribution is 2.37. The summed E-state index contributed by atoms with van der Waals surface area (Å²) in [4.78, 5) is 0. The van der Waals surface area contributed by atoms with Gasteiger partial charge in [0.25, 0.3) is 0 Å². The van der Waals surface area contributed by atoms with E-state index in [9.17, 15) is 8.78 Å². The molecule has 2 aromatic rings. The first-order chi connectivity index (χ1) is 8.91. The highest BCUT2D eigenvalue weighted by Gasteiger charge is 2.22. The number of halogens is 4. The van der Waals surface area contributed by atoms with E-state index in [-0.39, 0.29) is 5.56 Å². The molecule has 0 radical (unpaired) electrons. The summed E-state index contributed by atoms with van der Waals surface area (Å²) in [7, 11) is 0. The Labute approximate surface area is 121 Å². The van der Waals surface area contributed by atoms with Crippen molar-refractivity contribution in [1.29, 1.82) is 0 Å². The molecular weight excluding hydrogens is 289 g/mol. The lowest BCUT2D eigenvalue weighted by Gasteiger charge is -2.15. The lowest BCUT2D eigenvalue weighted by atomic mass is 9.99. The second-order valence-corrected chi connectivity index (χ2v) is 5.30. The van der Waals surface area contributed by atoms with Gasteiger partial charge in [0.15, 0.2) is 0 Å². The van der Waals surface area contributed by atoms with Crippen LogP contribution in [-0.2, 0) is 0 Å². The molecule has 2 rings (SSSR count). The van der Waals surface area contributed by atoms with Gasteiger partial charge in [0.1, 0.15) is 11.6 Å². The average molecular weight is 301 g/mol. The van der Waals surface area contributed by atoms with Gasteiger partial charge >= 0.3 is 0 Å². The topological polar surface area (TPSA) is 0 Å². The molecule has 0 aliphatic heterocycles. The van der Waals surface area contributed by atoms with E-state index in [4.69, 9.17) is 23.2 Å². The van der Waals surface area contributed by atoms with Crippen LogP contribution in [0.2, 0.25) is 5.02 Å². The van der Waals surface area contributed by atoms with Crippen LogP contribution in [0.3, 0.4) is 0 Å². The van der Waals surface area contributed by atoms with Crippen molar-refractivity contribution in [2.45, 2.75) is 19.2 Å². The summed E-state index contributed by atoms with van der Waals surface area (Å²) >= 11 is 12.3. The average Bonchev–Trinajstić information content (AvgIpc) is 2.33. The Kier molecular flexibility index (Phi) is 4.12. The number of hydrogen-bond donors (Lipinski definition) is 0. The van der Waals surface area contributed by atoms with Gasteiger partial charge in [-0.05, 0) is 48.7 Å². The Bertz CT molecular complexity index is 604. The molecule has 0 aromatic heterocycles. The van der Waals surface area contributed by atoms with Crippen molar-refractivity contribution in [3.8, 4) is 0 Å². The molecule has 0 spiro atoms. The van der Waals surface area contributed by atoms with Crippen molar-refractivity contribution >= 4 is 23.2 Å². The SMILES string of the molecule is Cc1cc(Cl)c(C(Cl)c2c(F)cccc2F)cc1C. The monoisotopic (exact) mass is 300 g/mol. The van der Waals surface area contributed by atoms with Crippen molar-refractivity contribution in [3.63, 3.8) is 0 Å². The standard InChI is InChI=1S/C15H12Cl2F2/c1-8-6-10(11(16)7-9(8)2)15(17)14-12(18)4-3-5-13(14)19/h3-7,15H,1-2H3. The van der Waals surface area contributed by atoms with Gasteiger partial charge in [-0.15, -0.1) is 11.6 Å². The molecule has 2 aromatic carbocycles. The third kappa shape index (κ3) is 2.75. The van der Waals surface area contributed by atoms with E-state index >= 15 is 0 Å². The Morgan fingerprint density at radius 1 is 1.00 bits per heavy atom. The van der Waals surface area contributed by atoms with Gasteiger partial charge in [0.2, 0.25) is 0 Å². The molecular formula is C15H12Cl2F2. The van der Waals surface area contributed by atoms with Crippen LogP contribution >= 0.6 is 23.2 Å². The van der Waals surface area contributed by atoms with Gasteiger partial charge < -0.3 is 0 Å². The lowest BCUT2D eigenvalue weighted by molar-refractivity contribution is 0.559. The fourth-order valence-corrected chi connectivity index (χ4v) is 2.68. The lowest BCUT2D eigenvalue weighted by Crippen LogP contribution is -2.02. The van der Waals surface area contributed by atoms with Crippen molar-refractivity contribution in [2.75, 3.05) is 0 Å². The van der Waals surface area contributed by atoms with Crippen molar-refractivity contribution in [1.82, 2.24) is 0 Å². The van der Waals surface area contributed by atoms with Gasteiger partial charge in [0.05, 0.1) is 5.38 Å². The Morgan fingerprint density at radius 2 is 1.53 bits per heavy atom. The molecule has 0 nitrogen and oxygen atoms in total. The summed E-state index contributed by atoms with van der Waals surface area (Å²) in [5, 5.41) is -0.543. The maximum Gasteiger partial charge on any atom is 0.131 e. The van der Waals surface area contributed by atoms with Crippen LogP contribution in [0.25, 0.3) is 0 Å². The Hall–Kier alpha value is -1.12. The second kappa shape index (κ2) is 5.48. The number of alkyl halides is 1. The summed E-state index contributed by atoms with van der Waals surface area (Å²) in [5.41, 5.74) is 2.32. The molecule has 0 saturated heterocycles. The smallest absolute Gasteiger partial charge is 0.131 e. The molecule has 0 fully saturated rings. The van der Waals surface area contributed by atoms with E-state index in [2.05, 4.69) is 0 Å². The zero-order valence-electron chi connectivity index (χ0n) is 10.5. The van der Waals surface area contributed by atoms with Crippen LogP contribution < -0.4 is 0 Å². The second-order valence-electron chi connectivity index (χ2n) is 4.46. The van der Waals surface area contributed by atoms with Crippen LogP contribution in [0.5, 0.6) is 0 Å². The first-order valence-electron chi connectivity index (χ1n) is 5.76. The summed E-state index contributed by atoms with van der Waals surface area (Å²) in [6.45, 7) is 3.81. The minimum Gasteiger partial charge on any atom is -0.207 e. The van der Waals surface area contributed by atoms with Crippen LogP contribution in [-0.4, -0.2) is 0 Å². The van der Waals surface area contributed by atoms with Gasteiger partial charge in [-0.25, -0.2) is 8.78 Å². The van der Waals surface area contributed by atoms with E-state index in [1.807, 2.05) is 13.8 Å². The van der Waals surface area contributed by atoms with Gasteiger partial charge in [0, 0.05) is 10.6 Å². The molecule has 0 aliphatic carbocycles. The fraction of sp³-hybridized carbons (Fsp3) is 0.200. The zero-order valence-corrected chi connectivity index (χ0v) is 12.0. The van der Waals surface area contributed by atoms with Crippen molar-refractivity contribution in [2.24, 2.45) is 0 Å². The first kappa shape index (κ1) is 14.3. The fourth-order valence-electron chi connectivity index (χ4n) is 1.91. The molecule has 1 unspecified atom stereocenters. The van der Waals surface area contributed by atoms with E-state index < -0.39 is 17.0 Å². The van der Waals surface area contributed by atoms with Gasteiger partial charge in [-0.1, -0.05) is 23.7 Å². The quantitative estimate of drug-likeness (QED) is 0.637. The predicted molar refractivity (Wildman–Crippen MR) is 75.0 cm³/mol. The van der Waals surface area contributed by atoms with Gasteiger partial charge in [-0.2, -0.15) is 0 Å².